The summed E-state index contributed by atoms with van der Waals surface area (Å²) in [6, 6.07) is 13.7. The van der Waals surface area contributed by atoms with Crippen molar-refractivity contribution in [1.82, 2.24) is 4.98 Å². The van der Waals surface area contributed by atoms with Crippen LogP contribution in [0.1, 0.15) is 11.1 Å². The standard InChI is InChI=1S/C17H15BrN2O/c1-11-4-6-13(9-16(11)21)20-10-12-5-7-15(18)14-3-2-8-19-17(12)14/h2-9,20-21H,10H2,1H3. The van der Waals surface area contributed by atoms with Crippen LogP contribution in [0.4, 0.5) is 5.69 Å². The minimum absolute atomic E-state index is 0.304. The van der Waals surface area contributed by atoms with Gasteiger partial charge in [0, 0.05) is 34.4 Å². The molecule has 0 atom stereocenters. The first kappa shape index (κ1) is 13.9. The molecule has 106 valence electrons. The maximum Gasteiger partial charge on any atom is 0.120 e. The first-order valence-corrected chi connectivity index (χ1v) is 7.50. The molecular weight excluding hydrogens is 328 g/mol. The number of aryl methyl sites for hydroxylation is 1. The summed E-state index contributed by atoms with van der Waals surface area (Å²) < 4.78 is 1.04. The van der Waals surface area contributed by atoms with Crippen molar-refractivity contribution < 1.29 is 5.11 Å². The zero-order valence-electron chi connectivity index (χ0n) is 11.6. The zero-order chi connectivity index (χ0) is 14.8. The van der Waals surface area contributed by atoms with Crippen molar-refractivity contribution in [3.8, 4) is 5.75 Å². The Morgan fingerprint density at radius 1 is 1.19 bits per heavy atom. The Morgan fingerprint density at radius 3 is 2.86 bits per heavy atom. The highest BCUT2D eigenvalue weighted by Crippen LogP contribution is 2.26. The smallest absolute Gasteiger partial charge is 0.120 e. The van der Waals surface area contributed by atoms with Crippen LogP contribution in [0.25, 0.3) is 10.9 Å². The van der Waals surface area contributed by atoms with Gasteiger partial charge in [-0.2, -0.15) is 0 Å². The van der Waals surface area contributed by atoms with E-state index in [1.807, 2.05) is 37.3 Å². The molecule has 0 fully saturated rings. The minimum Gasteiger partial charge on any atom is -0.508 e. The lowest BCUT2D eigenvalue weighted by Crippen LogP contribution is -2.01. The molecule has 0 unspecified atom stereocenters. The summed E-state index contributed by atoms with van der Waals surface area (Å²) >= 11 is 3.55. The number of aromatic hydroxyl groups is 1. The van der Waals surface area contributed by atoms with Crippen molar-refractivity contribution in [2.75, 3.05) is 5.32 Å². The van der Waals surface area contributed by atoms with Crippen molar-refractivity contribution in [3.05, 3.63) is 64.3 Å². The Labute approximate surface area is 131 Å². The number of anilines is 1. The Hall–Kier alpha value is -2.07. The lowest BCUT2D eigenvalue weighted by Gasteiger charge is -2.10. The van der Waals surface area contributed by atoms with Gasteiger partial charge in [-0.05, 0) is 36.2 Å². The van der Waals surface area contributed by atoms with Crippen LogP contribution >= 0.6 is 15.9 Å². The number of hydrogen-bond acceptors (Lipinski definition) is 3. The summed E-state index contributed by atoms with van der Waals surface area (Å²) in [5.41, 5.74) is 3.87. The Kier molecular flexibility index (Phi) is 3.80. The van der Waals surface area contributed by atoms with Crippen LogP contribution in [-0.2, 0) is 6.54 Å². The van der Waals surface area contributed by atoms with E-state index in [1.54, 1.807) is 12.3 Å². The maximum atomic E-state index is 9.75. The van der Waals surface area contributed by atoms with Crippen molar-refractivity contribution in [2.45, 2.75) is 13.5 Å². The SMILES string of the molecule is Cc1ccc(NCc2ccc(Br)c3cccnc23)cc1O. The number of nitrogens with zero attached hydrogens (tertiary/aromatic N) is 1. The van der Waals surface area contributed by atoms with E-state index in [4.69, 9.17) is 0 Å². The normalized spacial score (nSPS) is 10.8. The van der Waals surface area contributed by atoms with Crippen LogP contribution < -0.4 is 5.32 Å². The molecule has 1 aromatic heterocycles. The summed E-state index contributed by atoms with van der Waals surface area (Å²) in [4.78, 5) is 4.47. The fourth-order valence-corrected chi connectivity index (χ4v) is 2.71. The Balaban J connectivity index is 1.88. The highest BCUT2D eigenvalue weighted by Gasteiger charge is 2.05. The highest BCUT2D eigenvalue weighted by atomic mass is 79.9. The summed E-state index contributed by atoms with van der Waals surface area (Å²) in [6.45, 7) is 2.54. The van der Waals surface area contributed by atoms with Gasteiger partial charge in [-0.15, -0.1) is 0 Å². The molecule has 21 heavy (non-hydrogen) atoms. The molecule has 3 aromatic rings. The Morgan fingerprint density at radius 2 is 2.05 bits per heavy atom. The highest BCUT2D eigenvalue weighted by molar-refractivity contribution is 9.10. The number of phenolic OH excluding ortho intramolecular Hbond substituents is 1. The quantitative estimate of drug-likeness (QED) is 0.729. The number of nitrogens with one attached hydrogen (secondary N) is 1. The third-order valence-electron chi connectivity index (χ3n) is 3.49. The van der Waals surface area contributed by atoms with Crippen molar-refractivity contribution in [1.29, 1.82) is 0 Å². The predicted molar refractivity (Wildman–Crippen MR) is 89.6 cm³/mol. The van der Waals surface area contributed by atoms with Crippen molar-refractivity contribution in [3.63, 3.8) is 0 Å². The molecule has 2 N–H and O–H groups in total. The van der Waals surface area contributed by atoms with Gasteiger partial charge in [0.1, 0.15) is 5.75 Å². The van der Waals surface area contributed by atoms with Gasteiger partial charge >= 0.3 is 0 Å². The van der Waals surface area contributed by atoms with E-state index in [0.29, 0.717) is 12.3 Å². The van der Waals surface area contributed by atoms with Crippen LogP contribution in [0, 0.1) is 6.92 Å². The molecule has 0 saturated heterocycles. The monoisotopic (exact) mass is 342 g/mol. The summed E-state index contributed by atoms with van der Waals surface area (Å²) in [5.74, 6) is 0.304. The van der Waals surface area contributed by atoms with E-state index in [9.17, 15) is 5.11 Å². The van der Waals surface area contributed by atoms with Gasteiger partial charge in [-0.3, -0.25) is 4.98 Å². The molecule has 0 saturated carbocycles. The number of rotatable bonds is 3. The Bertz CT molecular complexity index is 802. The third kappa shape index (κ3) is 2.85. The summed E-state index contributed by atoms with van der Waals surface area (Å²) in [7, 11) is 0. The first-order chi connectivity index (χ1) is 10.1. The molecule has 0 aliphatic rings. The topological polar surface area (TPSA) is 45.2 Å². The second kappa shape index (κ2) is 5.74. The molecule has 4 heteroatoms. The molecule has 0 aliphatic carbocycles. The number of phenols is 1. The molecule has 1 heterocycles. The molecule has 0 amide bonds. The number of hydrogen-bond donors (Lipinski definition) is 2. The lowest BCUT2D eigenvalue weighted by atomic mass is 10.1. The second-order valence-electron chi connectivity index (χ2n) is 4.96. The van der Waals surface area contributed by atoms with E-state index in [2.05, 4.69) is 32.3 Å². The number of halogens is 1. The van der Waals surface area contributed by atoms with E-state index in [1.165, 1.54) is 0 Å². The molecule has 3 nitrogen and oxygen atoms in total. The van der Waals surface area contributed by atoms with Crippen LogP contribution in [0.15, 0.2) is 53.1 Å². The fraction of sp³-hybridized carbons (Fsp3) is 0.118. The molecular formula is C17H15BrN2O. The first-order valence-electron chi connectivity index (χ1n) is 6.71. The fourth-order valence-electron chi connectivity index (χ4n) is 2.26. The van der Waals surface area contributed by atoms with Gasteiger partial charge in [0.25, 0.3) is 0 Å². The van der Waals surface area contributed by atoms with E-state index >= 15 is 0 Å². The van der Waals surface area contributed by atoms with Crippen LogP contribution in [0.3, 0.4) is 0 Å². The number of aromatic nitrogens is 1. The lowest BCUT2D eigenvalue weighted by molar-refractivity contribution is 0.471. The predicted octanol–water partition coefficient (Wildman–Crippen LogP) is 4.62. The molecule has 0 spiro atoms. The van der Waals surface area contributed by atoms with E-state index in [0.717, 1.165) is 32.2 Å². The molecule has 0 aliphatic heterocycles. The van der Waals surface area contributed by atoms with Gasteiger partial charge in [-0.25, -0.2) is 0 Å². The average molecular weight is 343 g/mol. The molecule has 3 rings (SSSR count). The largest absolute Gasteiger partial charge is 0.508 e. The zero-order valence-corrected chi connectivity index (χ0v) is 13.2. The van der Waals surface area contributed by atoms with E-state index in [-0.39, 0.29) is 0 Å². The van der Waals surface area contributed by atoms with Gasteiger partial charge in [0.05, 0.1) is 5.52 Å². The van der Waals surface area contributed by atoms with Gasteiger partial charge in [0.15, 0.2) is 0 Å². The minimum atomic E-state index is 0.304. The van der Waals surface area contributed by atoms with Crippen molar-refractivity contribution >= 4 is 32.5 Å². The van der Waals surface area contributed by atoms with Gasteiger partial charge in [-0.1, -0.05) is 34.1 Å². The summed E-state index contributed by atoms with van der Waals surface area (Å²) in [6.07, 6.45) is 1.80. The summed E-state index contributed by atoms with van der Waals surface area (Å²) in [5, 5.41) is 14.2. The second-order valence-corrected chi connectivity index (χ2v) is 5.82. The van der Waals surface area contributed by atoms with Crippen LogP contribution in [0.2, 0.25) is 0 Å². The van der Waals surface area contributed by atoms with E-state index < -0.39 is 0 Å². The molecule has 0 bridgehead atoms. The van der Waals surface area contributed by atoms with Gasteiger partial charge < -0.3 is 10.4 Å². The number of pyridine rings is 1. The molecule has 0 radical (unpaired) electrons. The molecule has 2 aromatic carbocycles. The number of fused-ring (bicyclic) bond motifs is 1. The van der Waals surface area contributed by atoms with Crippen LogP contribution in [-0.4, -0.2) is 10.1 Å². The average Bonchev–Trinajstić information content (AvgIpc) is 2.50. The maximum absolute atomic E-state index is 9.75. The third-order valence-corrected chi connectivity index (χ3v) is 4.18. The number of benzene rings is 2. The van der Waals surface area contributed by atoms with Crippen molar-refractivity contribution in [2.24, 2.45) is 0 Å². The van der Waals surface area contributed by atoms with Gasteiger partial charge in [0.2, 0.25) is 0 Å². The van der Waals surface area contributed by atoms with Crippen LogP contribution in [0.5, 0.6) is 5.75 Å².